The summed E-state index contributed by atoms with van der Waals surface area (Å²) in [6.45, 7) is -1.57. The summed E-state index contributed by atoms with van der Waals surface area (Å²) in [6, 6.07) is 11.2. The highest BCUT2D eigenvalue weighted by Gasteiger charge is 2.45. The van der Waals surface area contributed by atoms with Crippen molar-refractivity contribution in [3.05, 3.63) is 82.9 Å². The zero-order chi connectivity index (χ0) is 38.0. The van der Waals surface area contributed by atoms with Crippen LogP contribution in [0.25, 0.3) is 0 Å². The van der Waals surface area contributed by atoms with Crippen molar-refractivity contribution in [2.45, 2.75) is 43.4 Å². The predicted octanol–water partition coefficient (Wildman–Crippen LogP) is 3.17. The van der Waals surface area contributed by atoms with E-state index in [1.54, 1.807) is 18.3 Å². The monoisotopic (exact) mass is 758 g/mol. The molecule has 2 aromatic heterocycles. The first kappa shape index (κ1) is 38.3. The maximum absolute atomic E-state index is 13.0. The lowest BCUT2D eigenvalue weighted by Gasteiger charge is -2.19. The van der Waals surface area contributed by atoms with Crippen LogP contribution < -0.4 is 31.3 Å². The van der Waals surface area contributed by atoms with Gasteiger partial charge in [0.05, 0.1) is 24.7 Å². The maximum atomic E-state index is 13.0. The molecular weight excluding hydrogens is 725 g/mol. The van der Waals surface area contributed by atoms with Crippen LogP contribution in [0.3, 0.4) is 0 Å². The molecule has 0 bridgehead atoms. The Bertz CT molecular complexity index is 1890. The third kappa shape index (κ3) is 11.3. The molecule has 1 aliphatic carbocycles. The average molecular weight is 759 g/mol. The Labute approximate surface area is 305 Å². The van der Waals surface area contributed by atoms with Gasteiger partial charge in [0, 0.05) is 42.0 Å². The van der Waals surface area contributed by atoms with E-state index >= 15 is 0 Å². The molecule has 16 nitrogen and oxygen atoms in total. The number of aromatic amines is 1. The Morgan fingerprint density at radius 2 is 1.62 bits per heavy atom. The molecule has 280 valence electrons. The molecule has 2 heterocycles. The largest absolute Gasteiger partial charge is 0.467 e. The van der Waals surface area contributed by atoms with Gasteiger partial charge in [0.15, 0.2) is 6.61 Å². The number of benzene rings is 2. The van der Waals surface area contributed by atoms with Crippen molar-refractivity contribution in [1.29, 1.82) is 0 Å². The van der Waals surface area contributed by atoms with Crippen molar-refractivity contribution in [1.82, 2.24) is 40.9 Å². The van der Waals surface area contributed by atoms with Crippen molar-refractivity contribution in [3.63, 3.8) is 0 Å². The van der Waals surface area contributed by atoms with Gasteiger partial charge in [0.25, 0.3) is 5.91 Å². The summed E-state index contributed by atoms with van der Waals surface area (Å²) >= 11 is 6.02. The lowest BCUT2D eigenvalue weighted by Crippen LogP contribution is -2.45. The Morgan fingerprint density at radius 1 is 0.943 bits per heavy atom. The minimum absolute atomic E-state index is 0.0287. The summed E-state index contributed by atoms with van der Waals surface area (Å²) in [4.78, 5) is 68.8. The summed E-state index contributed by atoms with van der Waals surface area (Å²) in [7, 11) is 1.14. The van der Waals surface area contributed by atoms with Gasteiger partial charge < -0.3 is 41.0 Å². The van der Waals surface area contributed by atoms with Gasteiger partial charge in [0.2, 0.25) is 11.9 Å². The van der Waals surface area contributed by atoms with Gasteiger partial charge in [-0.05, 0) is 61.2 Å². The number of carbonyl (C=O) groups excluding carboxylic acids is 4. The molecule has 0 saturated heterocycles. The third-order valence-corrected chi connectivity index (χ3v) is 8.07. The molecule has 1 atom stereocenters. The molecule has 1 saturated carbocycles. The number of amides is 3. The molecule has 1 fully saturated rings. The molecule has 1 aliphatic rings. The van der Waals surface area contributed by atoms with Crippen molar-refractivity contribution in [3.8, 4) is 6.01 Å². The summed E-state index contributed by atoms with van der Waals surface area (Å²) in [5.41, 5.74) is 1.54. The molecule has 2 aromatic carbocycles. The first-order valence-corrected chi connectivity index (χ1v) is 16.5. The quantitative estimate of drug-likeness (QED) is 0.0718. The van der Waals surface area contributed by atoms with E-state index in [9.17, 15) is 32.3 Å². The van der Waals surface area contributed by atoms with E-state index in [0.717, 1.165) is 12.7 Å². The summed E-state index contributed by atoms with van der Waals surface area (Å²) in [5.74, 6) is -3.38. The topological polar surface area (TPSA) is 214 Å². The Kier molecular flexibility index (Phi) is 12.3. The zero-order valence-electron chi connectivity index (χ0n) is 28.1. The fourth-order valence-electron chi connectivity index (χ4n) is 4.96. The lowest BCUT2D eigenvalue weighted by atomic mass is 10.1. The molecule has 20 heteroatoms. The first-order valence-electron chi connectivity index (χ1n) is 16.1. The molecule has 53 heavy (non-hydrogen) atoms. The van der Waals surface area contributed by atoms with E-state index < -0.39 is 54.1 Å². The number of ether oxygens (including phenoxy) is 2. The van der Waals surface area contributed by atoms with E-state index in [4.69, 9.17) is 21.1 Å². The van der Waals surface area contributed by atoms with E-state index in [-0.39, 0.29) is 37.0 Å². The number of anilines is 3. The molecule has 0 aliphatic heterocycles. The Hall–Kier alpha value is -5.98. The van der Waals surface area contributed by atoms with Crippen LogP contribution in [-0.4, -0.2) is 87.6 Å². The van der Waals surface area contributed by atoms with Crippen LogP contribution in [0.15, 0.2) is 61.1 Å². The Balaban J connectivity index is 1.18. The number of esters is 1. The molecule has 4 aromatic rings. The molecule has 3 amide bonds. The van der Waals surface area contributed by atoms with Gasteiger partial charge in [0.1, 0.15) is 6.04 Å². The SMILES string of the molecule is COC(=O)[C@H](CCNC(=O)C(=O)NCCc1c[nH]cn1)NC(=O)c1ccc(Nc2nc(NC3(c4ccc(Cl)cc4)CC3)nc(OCC(F)(F)F)n2)cc1. The number of nitrogens with zero attached hydrogens (tertiary/aromatic N) is 4. The minimum Gasteiger partial charge on any atom is -0.467 e. The average Bonchev–Trinajstić information content (AvgIpc) is 3.71. The van der Waals surface area contributed by atoms with Crippen molar-refractivity contribution in [2.75, 3.05) is 37.4 Å². The van der Waals surface area contributed by atoms with Crippen molar-refractivity contribution >= 4 is 52.9 Å². The van der Waals surface area contributed by atoms with Gasteiger partial charge in [-0.25, -0.2) is 9.78 Å². The molecule has 6 N–H and O–H groups in total. The number of hydrogen-bond donors (Lipinski definition) is 6. The van der Waals surface area contributed by atoms with Gasteiger partial charge in [-0.3, -0.25) is 14.4 Å². The highest BCUT2D eigenvalue weighted by molar-refractivity contribution is 6.35. The summed E-state index contributed by atoms with van der Waals surface area (Å²) in [5, 5.41) is 14.0. The molecule has 0 unspecified atom stereocenters. The van der Waals surface area contributed by atoms with E-state index in [1.165, 1.54) is 30.6 Å². The number of methoxy groups -OCH3 is 1. The number of rotatable bonds is 16. The summed E-state index contributed by atoms with van der Waals surface area (Å²) in [6.07, 6.45) is 0.274. The van der Waals surface area contributed by atoms with Gasteiger partial charge in [-0.15, -0.1) is 0 Å². The fraction of sp³-hybridized carbons (Fsp3) is 0.333. The smallest absolute Gasteiger partial charge is 0.422 e. The maximum Gasteiger partial charge on any atom is 0.422 e. The second-order valence-electron chi connectivity index (χ2n) is 11.7. The number of imidazole rings is 1. The second-order valence-corrected chi connectivity index (χ2v) is 12.2. The zero-order valence-corrected chi connectivity index (χ0v) is 28.8. The highest BCUT2D eigenvalue weighted by Crippen LogP contribution is 2.48. The number of H-pyrrole nitrogens is 1. The standard InChI is InChI=1S/C33H34ClF3N10O6/c1-52-28(51)24(11-15-40-27(50)26(49)39-14-10-23-16-38-18-41-23)43-25(48)19-2-8-22(9-3-19)42-29-44-30(46-31(45-29)53-17-33(35,36)37)47-32(12-13-32)20-4-6-21(34)7-5-20/h2-9,16,18,24H,10-15,17H2,1H3,(H,38,41)(H,39,49)(H,40,50)(H,43,48)(H2,42,44,45,46,47)/t24-/m0/s1. The fourth-order valence-corrected chi connectivity index (χ4v) is 5.09. The highest BCUT2D eigenvalue weighted by atomic mass is 35.5. The number of aromatic nitrogens is 5. The first-order chi connectivity index (χ1) is 25.3. The Morgan fingerprint density at radius 3 is 2.25 bits per heavy atom. The molecule has 0 spiro atoms. The van der Waals surface area contributed by atoms with E-state index in [2.05, 4.69) is 51.5 Å². The van der Waals surface area contributed by atoms with E-state index in [1.807, 2.05) is 12.1 Å². The molecule has 0 radical (unpaired) electrons. The van der Waals surface area contributed by atoms with Crippen LogP contribution in [0.1, 0.15) is 40.9 Å². The van der Waals surface area contributed by atoms with Crippen molar-refractivity contribution in [2.24, 2.45) is 0 Å². The van der Waals surface area contributed by atoms with Crippen LogP contribution in [0.4, 0.5) is 30.8 Å². The van der Waals surface area contributed by atoms with E-state index in [0.29, 0.717) is 35.7 Å². The van der Waals surface area contributed by atoms with Crippen LogP contribution in [0.2, 0.25) is 5.02 Å². The summed E-state index contributed by atoms with van der Waals surface area (Å²) < 4.78 is 48.4. The van der Waals surface area contributed by atoms with Crippen LogP contribution in [0.5, 0.6) is 6.01 Å². The number of carbonyl (C=O) groups is 4. The number of nitrogens with one attached hydrogen (secondary N) is 6. The number of halogens is 4. The number of hydrogen-bond acceptors (Lipinski definition) is 12. The van der Waals surface area contributed by atoms with Crippen LogP contribution >= 0.6 is 11.6 Å². The normalized spacial score (nSPS) is 13.6. The lowest BCUT2D eigenvalue weighted by molar-refractivity contribution is -0.154. The third-order valence-electron chi connectivity index (χ3n) is 7.82. The van der Waals surface area contributed by atoms with Crippen molar-refractivity contribution < 1.29 is 41.8 Å². The van der Waals surface area contributed by atoms with Crippen LogP contribution in [-0.2, 0) is 31.1 Å². The van der Waals surface area contributed by atoms with Gasteiger partial charge in [-0.2, -0.15) is 28.1 Å². The van der Waals surface area contributed by atoms with Gasteiger partial charge in [-0.1, -0.05) is 23.7 Å². The molecular formula is C33H34ClF3N10O6. The second kappa shape index (κ2) is 17.0. The molecule has 5 rings (SSSR count). The number of alkyl halides is 3. The van der Waals surface area contributed by atoms with Crippen LogP contribution in [0, 0.1) is 0 Å². The minimum atomic E-state index is -4.64. The van der Waals surface area contributed by atoms with Gasteiger partial charge >= 0.3 is 30.0 Å². The predicted molar refractivity (Wildman–Crippen MR) is 183 cm³/mol.